The number of rotatable bonds is 7. The van der Waals surface area contributed by atoms with Crippen LogP contribution in [0.4, 0.5) is 0 Å². The van der Waals surface area contributed by atoms with E-state index in [1.807, 2.05) is 54.6 Å². The van der Waals surface area contributed by atoms with Crippen LogP contribution in [0, 0.1) is 0 Å². The first-order valence-corrected chi connectivity index (χ1v) is 8.47. The molecule has 0 aliphatic heterocycles. The van der Waals surface area contributed by atoms with Gasteiger partial charge in [-0.05, 0) is 29.7 Å². The first kappa shape index (κ1) is 18.8. The maximum atomic E-state index is 12.2. The van der Waals surface area contributed by atoms with Crippen molar-refractivity contribution in [2.45, 2.75) is 25.2 Å². The molecule has 0 aliphatic rings. The molecule has 1 aromatic heterocycles. The third kappa shape index (κ3) is 4.09. The van der Waals surface area contributed by atoms with E-state index in [4.69, 9.17) is 14.4 Å². The monoisotopic (exact) mass is 367 g/mol. The number of hydrogen-bond acceptors (Lipinski definition) is 5. The normalized spacial score (nSPS) is 14.3. The Balaban J connectivity index is 1.75. The number of carbonyl (C=O) groups is 1. The maximum absolute atomic E-state index is 12.2. The third-order valence-electron chi connectivity index (χ3n) is 4.53. The number of furan rings is 1. The second kappa shape index (κ2) is 8.18. The Morgan fingerprint density at radius 2 is 1.78 bits per heavy atom. The molecule has 0 saturated heterocycles. The first-order chi connectivity index (χ1) is 13.0. The first-order valence-electron chi connectivity index (χ1n) is 8.47. The molecule has 6 nitrogen and oxygen atoms in total. The van der Waals surface area contributed by atoms with Crippen molar-refractivity contribution < 1.29 is 24.3 Å². The van der Waals surface area contributed by atoms with Gasteiger partial charge in [0.25, 0.3) is 5.91 Å². The van der Waals surface area contributed by atoms with E-state index >= 15 is 0 Å². The summed E-state index contributed by atoms with van der Waals surface area (Å²) in [6.07, 6.45) is 1.40. The van der Waals surface area contributed by atoms with E-state index in [1.54, 1.807) is 5.48 Å². The zero-order valence-electron chi connectivity index (χ0n) is 14.8. The van der Waals surface area contributed by atoms with Crippen LogP contribution in [0.3, 0.4) is 0 Å². The molecular formula is C21H21NO5. The minimum absolute atomic E-state index is 0.0773. The molecule has 0 saturated carbocycles. The van der Waals surface area contributed by atoms with E-state index in [-0.39, 0.29) is 6.61 Å². The Morgan fingerprint density at radius 3 is 2.37 bits per heavy atom. The van der Waals surface area contributed by atoms with Gasteiger partial charge in [-0.2, -0.15) is 0 Å². The molecule has 2 aromatic carbocycles. The highest BCUT2D eigenvalue weighted by Gasteiger charge is 2.43. The maximum Gasteiger partial charge on any atom is 0.278 e. The Hall–Kier alpha value is -2.93. The number of carbonyl (C=O) groups excluding carboxylic acids is 1. The average Bonchev–Trinajstić information content (AvgIpc) is 3.26. The summed E-state index contributed by atoms with van der Waals surface area (Å²) in [4.78, 5) is 12.2. The summed E-state index contributed by atoms with van der Waals surface area (Å²) in [5.41, 5.74) is 3.23. The average molecular weight is 367 g/mol. The fourth-order valence-corrected chi connectivity index (χ4v) is 2.79. The quantitative estimate of drug-likeness (QED) is 0.439. The zero-order chi connectivity index (χ0) is 19.3. The number of nitrogens with one attached hydrogen (secondary N) is 1. The van der Waals surface area contributed by atoms with Gasteiger partial charge >= 0.3 is 0 Å². The van der Waals surface area contributed by atoms with Crippen LogP contribution in [0.2, 0.25) is 0 Å². The number of benzene rings is 2. The van der Waals surface area contributed by atoms with Crippen molar-refractivity contribution in [2.75, 3.05) is 0 Å². The molecule has 140 valence electrons. The lowest BCUT2D eigenvalue weighted by Crippen LogP contribution is -2.49. The molecule has 3 rings (SSSR count). The van der Waals surface area contributed by atoms with Gasteiger partial charge in [-0.25, -0.2) is 5.48 Å². The predicted octanol–water partition coefficient (Wildman–Crippen LogP) is 3.46. The summed E-state index contributed by atoms with van der Waals surface area (Å²) in [6, 6.07) is 19.2. The van der Waals surface area contributed by atoms with Crippen molar-refractivity contribution in [1.29, 1.82) is 0 Å². The Morgan fingerprint density at radius 1 is 1.11 bits per heavy atom. The van der Waals surface area contributed by atoms with Gasteiger partial charge in [0.1, 0.15) is 6.10 Å². The summed E-state index contributed by atoms with van der Waals surface area (Å²) in [6.45, 7) is 1.49. The molecule has 0 radical (unpaired) electrons. The van der Waals surface area contributed by atoms with Gasteiger partial charge in [0, 0.05) is 5.56 Å². The Bertz CT molecular complexity index is 861. The van der Waals surface area contributed by atoms with Crippen molar-refractivity contribution in [3.05, 3.63) is 84.3 Å². The highest BCUT2D eigenvalue weighted by Crippen LogP contribution is 2.31. The van der Waals surface area contributed by atoms with Crippen LogP contribution in [0.25, 0.3) is 11.1 Å². The third-order valence-corrected chi connectivity index (χ3v) is 4.53. The van der Waals surface area contributed by atoms with Crippen LogP contribution in [0.15, 0.2) is 77.6 Å². The largest absolute Gasteiger partial charge is 0.472 e. The van der Waals surface area contributed by atoms with Gasteiger partial charge in [0.15, 0.2) is 5.60 Å². The molecule has 3 aromatic rings. The lowest BCUT2D eigenvalue weighted by atomic mass is 9.93. The fraction of sp³-hybridized carbons (Fsp3) is 0.190. The Labute approximate surface area is 157 Å². The minimum atomic E-state index is -1.70. The van der Waals surface area contributed by atoms with Gasteiger partial charge < -0.3 is 14.3 Å². The molecular weight excluding hydrogens is 346 g/mol. The lowest BCUT2D eigenvalue weighted by molar-refractivity contribution is -0.173. The van der Waals surface area contributed by atoms with Crippen LogP contribution in [0.5, 0.6) is 0 Å². The molecule has 1 amide bonds. The Kier molecular flexibility index (Phi) is 5.71. The molecule has 0 unspecified atom stereocenters. The molecule has 3 N–H and O–H groups in total. The predicted molar refractivity (Wildman–Crippen MR) is 98.7 cm³/mol. The molecule has 0 bridgehead atoms. The van der Waals surface area contributed by atoms with E-state index in [1.165, 1.54) is 25.5 Å². The second-order valence-corrected chi connectivity index (χ2v) is 6.36. The smallest absolute Gasteiger partial charge is 0.278 e. The zero-order valence-corrected chi connectivity index (χ0v) is 14.8. The second-order valence-electron chi connectivity index (χ2n) is 6.36. The van der Waals surface area contributed by atoms with Gasteiger partial charge in [-0.3, -0.25) is 10.0 Å². The number of hydroxylamine groups is 1. The van der Waals surface area contributed by atoms with Crippen LogP contribution >= 0.6 is 0 Å². The summed E-state index contributed by atoms with van der Waals surface area (Å²) in [5, 5.41) is 19.6. The highest BCUT2D eigenvalue weighted by atomic mass is 16.5. The van der Waals surface area contributed by atoms with Gasteiger partial charge in [0.2, 0.25) is 0 Å². The van der Waals surface area contributed by atoms with E-state index in [0.717, 1.165) is 16.7 Å². The summed E-state index contributed by atoms with van der Waals surface area (Å²) in [5.74, 6) is -0.850. The van der Waals surface area contributed by atoms with Crippen molar-refractivity contribution in [2.24, 2.45) is 0 Å². The van der Waals surface area contributed by atoms with E-state index in [2.05, 4.69) is 0 Å². The number of aliphatic hydroxyl groups is 1. The van der Waals surface area contributed by atoms with Crippen LogP contribution in [-0.4, -0.2) is 21.8 Å². The van der Waals surface area contributed by atoms with Gasteiger partial charge in [-0.15, -0.1) is 0 Å². The molecule has 6 heteroatoms. The topological polar surface area (TPSA) is 91.9 Å². The van der Waals surface area contributed by atoms with E-state index in [9.17, 15) is 9.90 Å². The summed E-state index contributed by atoms with van der Waals surface area (Å²) < 4.78 is 10.7. The molecule has 0 spiro atoms. The van der Waals surface area contributed by atoms with E-state index < -0.39 is 17.6 Å². The molecule has 0 aliphatic carbocycles. The molecule has 27 heavy (non-hydrogen) atoms. The number of ether oxygens (including phenoxy) is 1. The number of amides is 1. The van der Waals surface area contributed by atoms with Crippen LogP contribution in [-0.2, 0) is 16.1 Å². The van der Waals surface area contributed by atoms with Crippen LogP contribution in [0.1, 0.15) is 24.2 Å². The number of hydrogen-bond donors (Lipinski definition) is 3. The standard InChI is InChI=1S/C21H21NO5/c1-21(20(24)22-25,19(23)18-11-12-26-14-18)27-13-15-7-9-17(10-8-15)16-5-3-2-4-6-16/h2-12,14,19,23,25H,13H2,1H3,(H,22,24)/t19-,21+/m1/s1. The van der Waals surface area contributed by atoms with Crippen molar-refractivity contribution in [3.63, 3.8) is 0 Å². The molecule has 2 atom stereocenters. The summed E-state index contributed by atoms with van der Waals surface area (Å²) >= 11 is 0. The number of aliphatic hydroxyl groups excluding tert-OH is 1. The lowest BCUT2D eigenvalue weighted by Gasteiger charge is -2.31. The SMILES string of the molecule is C[C@@](OCc1ccc(-c2ccccc2)cc1)(C(=O)NO)[C@H](O)c1ccoc1. The minimum Gasteiger partial charge on any atom is -0.472 e. The van der Waals surface area contributed by atoms with E-state index in [0.29, 0.717) is 5.56 Å². The van der Waals surface area contributed by atoms with Crippen molar-refractivity contribution in [1.82, 2.24) is 5.48 Å². The molecule has 0 fully saturated rings. The summed E-state index contributed by atoms with van der Waals surface area (Å²) in [7, 11) is 0. The van der Waals surface area contributed by atoms with Gasteiger partial charge in [0.05, 0.1) is 19.1 Å². The van der Waals surface area contributed by atoms with Gasteiger partial charge in [-0.1, -0.05) is 54.6 Å². The highest BCUT2D eigenvalue weighted by molar-refractivity contribution is 5.84. The molecule has 1 heterocycles. The van der Waals surface area contributed by atoms with Crippen molar-refractivity contribution >= 4 is 5.91 Å². The fourth-order valence-electron chi connectivity index (χ4n) is 2.79. The van der Waals surface area contributed by atoms with Crippen molar-refractivity contribution in [3.8, 4) is 11.1 Å². The van der Waals surface area contributed by atoms with Crippen LogP contribution < -0.4 is 5.48 Å².